The molecule has 0 aromatic carbocycles. The van der Waals surface area contributed by atoms with E-state index < -0.39 is 5.97 Å². The highest BCUT2D eigenvalue weighted by atomic mass is 32.1. The summed E-state index contributed by atoms with van der Waals surface area (Å²) >= 11 is 1.52. The van der Waals surface area contributed by atoms with Crippen LogP contribution in [0.1, 0.15) is 43.5 Å². The molecule has 0 saturated carbocycles. The molecule has 0 bridgehead atoms. The van der Waals surface area contributed by atoms with Crippen molar-refractivity contribution in [2.24, 2.45) is 5.41 Å². The lowest BCUT2D eigenvalue weighted by atomic mass is 9.87. The molecule has 0 spiro atoms. The number of nitrogens with one attached hydrogen (secondary N) is 2. The van der Waals surface area contributed by atoms with E-state index in [4.69, 9.17) is 5.11 Å². The van der Waals surface area contributed by atoms with Gasteiger partial charge in [0.1, 0.15) is 0 Å². The minimum atomic E-state index is -0.914. The zero-order valence-electron chi connectivity index (χ0n) is 12.9. The quantitative estimate of drug-likeness (QED) is 0.752. The van der Waals surface area contributed by atoms with E-state index in [-0.39, 0.29) is 23.9 Å². The molecule has 1 rings (SSSR count). The number of aromatic nitrogens is 1. The van der Waals surface area contributed by atoms with Crippen LogP contribution in [-0.2, 0) is 11.3 Å². The molecule has 7 heteroatoms. The minimum Gasteiger partial charge on any atom is -0.481 e. The second-order valence-corrected chi connectivity index (χ2v) is 7.55. The molecule has 118 valence electrons. The van der Waals surface area contributed by atoms with Gasteiger partial charge in [0.15, 0.2) is 0 Å². The van der Waals surface area contributed by atoms with Gasteiger partial charge in [-0.1, -0.05) is 20.8 Å². The van der Waals surface area contributed by atoms with Gasteiger partial charge in [0.25, 0.3) is 0 Å². The van der Waals surface area contributed by atoms with Crippen molar-refractivity contribution in [3.63, 3.8) is 0 Å². The smallest absolute Gasteiger partial charge is 0.315 e. The molecule has 1 heterocycles. The Bertz CT molecular complexity index is 494. The summed E-state index contributed by atoms with van der Waals surface area (Å²) < 4.78 is 0. The standard InChI is InChI=1S/C14H23N3O3S/c1-9-15-7-11(21-9)8-16-13(20)17-10(5-12(18)19)6-14(2,3)4/h7,10H,5-6,8H2,1-4H3,(H,18,19)(H2,16,17,20). The average molecular weight is 313 g/mol. The molecule has 1 atom stereocenters. The van der Waals surface area contributed by atoms with Crippen LogP contribution in [0.15, 0.2) is 6.20 Å². The van der Waals surface area contributed by atoms with Crippen LogP contribution < -0.4 is 10.6 Å². The maximum atomic E-state index is 11.9. The van der Waals surface area contributed by atoms with Gasteiger partial charge in [-0.2, -0.15) is 0 Å². The summed E-state index contributed by atoms with van der Waals surface area (Å²) in [4.78, 5) is 27.8. The van der Waals surface area contributed by atoms with Crippen molar-refractivity contribution in [2.75, 3.05) is 0 Å². The third kappa shape index (κ3) is 7.65. The summed E-state index contributed by atoms with van der Waals surface area (Å²) in [5.41, 5.74) is -0.0534. The molecule has 0 saturated heterocycles. The van der Waals surface area contributed by atoms with E-state index in [2.05, 4.69) is 15.6 Å². The van der Waals surface area contributed by atoms with Crippen LogP contribution in [0, 0.1) is 12.3 Å². The van der Waals surface area contributed by atoms with Crippen LogP contribution in [0.3, 0.4) is 0 Å². The van der Waals surface area contributed by atoms with E-state index in [1.807, 2.05) is 27.7 Å². The molecular weight excluding hydrogens is 290 g/mol. The molecule has 2 amide bonds. The number of hydrogen-bond acceptors (Lipinski definition) is 4. The second-order valence-electron chi connectivity index (χ2n) is 6.23. The first-order valence-electron chi connectivity index (χ1n) is 6.83. The number of thiazole rings is 1. The van der Waals surface area contributed by atoms with Crippen molar-refractivity contribution in [1.29, 1.82) is 0 Å². The van der Waals surface area contributed by atoms with Gasteiger partial charge >= 0.3 is 12.0 Å². The third-order valence-corrected chi connectivity index (χ3v) is 3.62. The highest BCUT2D eigenvalue weighted by Crippen LogP contribution is 2.22. The second kappa shape index (κ2) is 7.40. The molecule has 0 fully saturated rings. The number of nitrogens with zero attached hydrogens (tertiary/aromatic N) is 1. The number of hydrogen-bond donors (Lipinski definition) is 3. The Morgan fingerprint density at radius 1 is 1.43 bits per heavy atom. The Labute approximate surface area is 129 Å². The fourth-order valence-electron chi connectivity index (χ4n) is 2.02. The molecule has 0 aliphatic heterocycles. The summed E-state index contributed by atoms with van der Waals surface area (Å²) in [6.07, 6.45) is 2.25. The van der Waals surface area contributed by atoms with Crippen molar-refractivity contribution in [3.8, 4) is 0 Å². The fourth-order valence-corrected chi connectivity index (χ4v) is 2.75. The molecule has 0 aliphatic carbocycles. The summed E-state index contributed by atoms with van der Waals surface area (Å²) in [5, 5.41) is 15.3. The van der Waals surface area contributed by atoms with Gasteiger partial charge in [-0.05, 0) is 18.8 Å². The number of amides is 2. The van der Waals surface area contributed by atoms with Crippen molar-refractivity contribution in [2.45, 2.75) is 53.1 Å². The van der Waals surface area contributed by atoms with E-state index in [0.29, 0.717) is 13.0 Å². The lowest BCUT2D eigenvalue weighted by molar-refractivity contribution is -0.137. The molecule has 0 radical (unpaired) electrons. The number of carbonyl (C=O) groups is 2. The lowest BCUT2D eigenvalue weighted by Gasteiger charge is -2.25. The Kier molecular flexibility index (Phi) is 6.14. The Morgan fingerprint density at radius 2 is 2.10 bits per heavy atom. The molecule has 1 aromatic heterocycles. The van der Waals surface area contributed by atoms with Crippen LogP contribution >= 0.6 is 11.3 Å². The third-order valence-electron chi connectivity index (χ3n) is 2.71. The maximum absolute atomic E-state index is 11.9. The molecule has 3 N–H and O–H groups in total. The number of aliphatic carboxylic acids is 1. The summed E-state index contributed by atoms with van der Waals surface area (Å²) in [6, 6.07) is -0.734. The van der Waals surface area contributed by atoms with E-state index in [0.717, 1.165) is 9.88 Å². The molecule has 1 unspecified atom stereocenters. The fraction of sp³-hybridized carbons (Fsp3) is 0.643. The monoisotopic (exact) mass is 313 g/mol. The van der Waals surface area contributed by atoms with Crippen molar-refractivity contribution < 1.29 is 14.7 Å². The van der Waals surface area contributed by atoms with Crippen LogP contribution in [-0.4, -0.2) is 28.1 Å². The Hall–Kier alpha value is -1.63. The van der Waals surface area contributed by atoms with E-state index in [1.54, 1.807) is 6.20 Å². The highest BCUT2D eigenvalue weighted by Gasteiger charge is 2.22. The Morgan fingerprint density at radius 3 is 2.57 bits per heavy atom. The highest BCUT2D eigenvalue weighted by molar-refractivity contribution is 7.11. The SMILES string of the molecule is Cc1ncc(CNC(=O)NC(CC(=O)O)CC(C)(C)C)s1. The van der Waals surface area contributed by atoms with Crippen LogP contribution in [0.5, 0.6) is 0 Å². The first kappa shape index (κ1) is 17.4. The van der Waals surface area contributed by atoms with Gasteiger partial charge in [0, 0.05) is 17.1 Å². The molecule has 0 aliphatic rings. The van der Waals surface area contributed by atoms with Crippen molar-refractivity contribution in [1.82, 2.24) is 15.6 Å². The van der Waals surface area contributed by atoms with Crippen LogP contribution in [0.2, 0.25) is 0 Å². The summed E-state index contributed by atoms with van der Waals surface area (Å²) in [5.74, 6) is -0.914. The molecule has 1 aromatic rings. The van der Waals surface area contributed by atoms with Gasteiger partial charge in [-0.25, -0.2) is 9.78 Å². The zero-order valence-corrected chi connectivity index (χ0v) is 13.7. The van der Waals surface area contributed by atoms with Crippen LogP contribution in [0.25, 0.3) is 0 Å². The van der Waals surface area contributed by atoms with E-state index >= 15 is 0 Å². The van der Waals surface area contributed by atoms with Crippen molar-refractivity contribution in [3.05, 3.63) is 16.1 Å². The van der Waals surface area contributed by atoms with E-state index in [9.17, 15) is 9.59 Å². The largest absolute Gasteiger partial charge is 0.481 e. The van der Waals surface area contributed by atoms with Gasteiger partial charge in [-0.3, -0.25) is 4.79 Å². The minimum absolute atomic E-state index is 0.0534. The Balaban J connectivity index is 2.49. The number of urea groups is 1. The first-order valence-corrected chi connectivity index (χ1v) is 7.65. The predicted molar refractivity (Wildman–Crippen MR) is 82.3 cm³/mol. The zero-order chi connectivity index (χ0) is 16.0. The number of carboxylic acid groups (broad SMARTS) is 1. The average Bonchev–Trinajstić information content (AvgIpc) is 2.69. The van der Waals surface area contributed by atoms with E-state index in [1.165, 1.54) is 11.3 Å². The summed E-state index contributed by atoms with van der Waals surface area (Å²) in [6.45, 7) is 8.34. The summed E-state index contributed by atoms with van der Waals surface area (Å²) in [7, 11) is 0. The van der Waals surface area contributed by atoms with Gasteiger partial charge in [-0.15, -0.1) is 11.3 Å². The van der Waals surface area contributed by atoms with Crippen molar-refractivity contribution >= 4 is 23.3 Å². The topological polar surface area (TPSA) is 91.3 Å². The lowest BCUT2D eigenvalue weighted by Crippen LogP contribution is -2.44. The number of carboxylic acids is 1. The van der Waals surface area contributed by atoms with Crippen LogP contribution in [0.4, 0.5) is 4.79 Å². The van der Waals surface area contributed by atoms with Gasteiger partial charge in [0.05, 0.1) is 18.0 Å². The van der Waals surface area contributed by atoms with Gasteiger partial charge < -0.3 is 15.7 Å². The first-order chi connectivity index (χ1) is 9.65. The normalized spacial score (nSPS) is 12.8. The maximum Gasteiger partial charge on any atom is 0.315 e. The number of aryl methyl sites for hydroxylation is 1. The number of rotatable bonds is 6. The van der Waals surface area contributed by atoms with Gasteiger partial charge in [0.2, 0.25) is 0 Å². The molecular formula is C14H23N3O3S. The molecule has 21 heavy (non-hydrogen) atoms. The molecule has 6 nitrogen and oxygen atoms in total. The predicted octanol–water partition coefficient (Wildman–Crippen LogP) is 2.53. The number of carbonyl (C=O) groups excluding carboxylic acids is 1.